The number of hydrogen-bond donors (Lipinski definition) is 2. The van der Waals surface area contributed by atoms with E-state index in [4.69, 9.17) is 0 Å². The summed E-state index contributed by atoms with van der Waals surface area (Å²) in [5.41, 5.74) is 0.0983. The van der Waals surface area contributed by atoms with E-state index in [0.717, 1.165) is 42.5 Å². The number of aromatic nitrogens is 3. The Morgan fingerprint density at radius 2 is 2.00 bits per heavy atom. The molecule has 0 saturated carbocycles. The van der Waals surface area contributed by atoms with Crippen LogP contribution in [0.5, 0.6) is 0 Å². The fourth-order valence-electron chi connectivity index (χ4n) is 5.28. The van der Waals surface area contributed by atoms with Crippen molar-refractivity contribution in [2.24, 2.45) is 0 Å². The second-order valence-corrected chi connectivity index (χ2v) is 11.3. The number of thiazole rings is 1. The molecule has 220 valence electrons. The van der Waals surface area contributed by atoms with Crippen LogP contribution in [-0.4, -0.2) is 44.0 Å². The van der Waals surface area contributed by atoms with Gasteiger partial charge in [-0.15, -0.1) is 11.3 Å². The molecule has 8 nitrogen and oxygen atoms in total. The summed E-state index contributed by atoms with van der Waals surface area (Å²) in [6, 6.07) is 6.68. The average molecular weight is 599 g/mol. The van der Waals surface area contributed by atoms with Crippen LogP contribution in [0.2, 0.25) is 0 Å². The second kappa shape index (κ2) is 12.1. The summed E-state index contributed by atoms with van der Waals surface area (Å²) in [5.74, 6) is -1.39. The summed E-state index contributed by atoms with van der Waals surface area (Å²) in [6.07, 6.45) is 2.28. The van der Waals surface area contributed by atoms with E-state index in [2.05, 4.69) is 15.3 Å². The number of alkyl halides is 3. The van der Waals surface area contributed by atoms with Crippen LogP contribution >= 0.6 is 11.3 Å². The van der Waals surface area contributed by atoms with Crippen molar-refractivity contribution in [3.63, 3.8) is 0 Å². The number of benzene rings is 1. The van der Waals surface area contributed by atoms with Gasteiger partial charge in [0.15, 0.2) is 5.69 Å². The van der Waals surface area contributed by atoms with E-state index >= 15 is 0 Å². The van der Waals surface area contributed by atoms with Crippen molar-refractivity contribution in [3.8, 4) is 21.7 Å². The molecule has 4 aromatic rings. The van der Waals surface area contributed by atoms with Gasteiger partial charge in [-0.1, -0.05) is 19.4 Å². The van der Waals surface area contributed by atoms with Gasteiger partial charge in [-0.3, -0.25) is 14.6 Å². The number of Topliss-reactive ketones (excluding diaryl/α,β-unsaturated/α-hetero) is 1. The summed E-state index contributed by atoms with van der Waals surface area (Å²) in [4.78, 5) is 45.8. The lowest BCUT2D eigenvalue weighted by atomic mass is 9.97. The van der Waals surface area contributed by atoms with Gasteiger partial charge in [0, 0.05) is 65.4 Å². The molecule has 12 heteroatoms. The first-order chi connectivity index (χ1) is 20.0. The number of carbonyl (C=O) groups is 2. The molecule has 1 unspecified atom stereocenters. The van der Waals surface area contributed by atoms with E-state index in [1.54, 1.807) is 28.8 Å². The SMILES string of the molecule is CCCC(=O)Cc1cc(-c2nc(C(F)(F)F)cs2)c(-c2ccc3c(c2)c(=O)c(C(=O)O)cn3CC2CCCCN2)cn1. The standard InChI is InChI=1S/C30H29F3N4O4S/c1-2-5-20(38)11-19-12-21(28-36-26(16-42-28)30(31,32)33)23(13-35-19)17-7-8-25-22(10-17)27(39)24(29(40)41)15-37(25)14-18-6-3-4-9-34-18/h7-8,10,12-13,15-16,18,34H,2-6,9,11,14H2,1H3,(H,40,41). The summed E-state index contributed by atoms with van der Waals surface area (Å²) < 4.78 is 42.0. The number of carbonyl (C=O) groups excluding carboxylic acids is 1. The van der Waals surface area contributed by atoms with Crippen molar-refractivity contribution in [2.45, 2.75) is 64.2 Å². The lowest BCUT2D eigenvalue weighted by Crippen LogP contribution is -2.37. The minimum atomic E-state index is -4.63. The van der Waals surface area contributed by atoms with Crippen LogP contribution in [-0.2, 0) is 23.9 Å². The third-order valence-electron chi connectivity index (χ3n) is 7.34. The van der Waals surface area contributed by atoms with Crippen LogP contribution < -0.4 is 10.7 Å². The molecule has 0 bridgehead atoms. The van der Waals surface area contributed by atoms with Crippen molar-refractivity contribution in [1.82, 2.24) is 19.9 Å². The number of halogens is 3. The third kappa shape index (κ3) is 6.29. The number of pyridine rings is 2. The zero-order chi connectivity index (χ0) is 30.0. The first kappa shape index (κ1) is 29.6. The number of piperidine rings is 1. The number of fused-ring (bicyclic) bond motifs is 1. The first-order valence-electron chi connectivity index (χ1n) is 13.7. The van der Waals surface area contributed by atoms with Gasteiger partial charge in [-0.05, 0) is 49.6 Å². The molecule has 1 fully saturated rings. The number of carboxylic acids is 1. The molecule has 3 aromatic heterocycles. The third-order valence-corrected chi connectivity index (χ3v) is 8.22. The zero-order valence-electron chi connectivity index (χ0n) is 22.8. The molecule has 0 radical (unpaired) electrons. The number of nitrogens with one attached hydrogen (secondary N) is 1. The Balaban J connectivity index is 1.65. The molecule has 4 heterocycles. The maximum atomic E-state index is 13.4. The molecule has 0 aliphatic carbocycles. The predicted octanol–water partition coefficient (Wildman–Crippen LogP) is 5.96. The van der Waals surface area contributed by atoms with Gasteiger partial charge in [-0.25, -0.2) is 9.78 Å². The number of nitrogens with zero attached hydrogens (tertiary/aromatic N) is 3. The van der Waals surface area contributed by atoms with Crippen LogP contribution in [0, 0.1) is 0 Å². The number of aromatic carboxylic acids is 1. The van der Waals surface area contributed by atoms with E-state index in [0.29, 0.717) is 47.3 Å². The summed E-state index contributed by atoms with van der Waals surface area (Å²) in [7, 11) is 0. The van der Waals surface area contributed by atoms with Gasteiger partial charge in [-0.2, -0.15) is 13.2 Å². The van der Waals surface area contributed by atoms with Gasteiger partial charge < -0.3 is 15.0 Å². The van der Waals surface area contributed by atoms with Gasteiger partial charge >= 0.3 is 12.1 Å². The smallest absolute Gasteiger partial charge is 0.434 e. The quantitative estimate of drug-likeness (QED) is 0.244. The monoisotopic (exact) mass is 598 g/mol. The van der Waals surface area contributed by atoms with E-state index in [-0.39, 0.29) is 34.2 Å². The Kier molecular flexibility index (Phi) is 8.55. The number of rotatable bonds is 9. The molecule has 5 rings (SSSR count). The van der Waals surface area contributed by atoms with Crippen molar-refractivity contribution in [2.75, 3.05) is 6.54 Å². The average Bonchev–Trinajstić information content (AvgIpc) is 3.46. The Labute approximate surface area is 243 Å². The van der Waals surface area contributed by atoms with Gasteiger partial charge in [0.05, 0.1) is 5.52 Å². The van der Waals surface area contributed by atoms with Gasteiger partial charge in [0.25, 0.3) is 0 Å². The fourth-order valence-corrected chi connectivity index (χ4v) is 6.14. The van der Waals surface area contributed by atoms with E-state index in [9.17, 15) is 32.7 Å². The first-order valence-corrected chi connectivity index (χ1v) is 14.6. The number of hydrogen-bond acceptors (Lipinski definition) is 7. The Morgan fingerprint density at radius 1 is 1.19 bits per heavy atom. The second-order valence-electron chi connectivity index (χ2n) is 10.4. The van der Waals surface area contributed by atoms with Crippen LogP contribution in [0.4, 0.5) is 13.2 Å². The molecule has 1 aromatic carbocycles. The van der Waals surface area contributed by atoms with Crippen LogP contribution in [0.1, 0.15) is 60.8 Å². The molecular weight excluding hydrogens is 569 g/mol. The Bertz CT molecular complexity index is 1710. The molecule has 1 atom stereocenters. The maximum absolute atomic E-state index is 13.4. The van der Waals surface area contributed by atoms with Crippen LogP contribution in [0.25, 0.3) is 32.6 Å². The molecule has 0 spiro atoms. The maximum Gasteiger partial charge on any atom is 0.434 e. The Morgan fingerprint density at radius 3 is 2.67 bits per heavy atom. The van der Waals surface area contributed by atoms with Crippen molar-refractivity contribution in [3.05, 3.63) is 69.2 Å². The van der Waals surface area contributed by atoms with Crippen LogP contribution in [0.3, 0.4) is 0 Å². The largest absolute Gasteiger partial charge is 0.477 e. The Hall–Kier alpha value is -3.90. The normalized spacial score (nSPS) is 15.7. The van der Waals surface area contributed by atoms with Crippen LogP contribution in [0.15, 0.2) is 46.8 Å². The highest BCUT2D eigenvalue weighted by Gasteiger charge is 2.34. The van der Waals surface area contributed by atoms with E-state index < -0.39 is 23.3 Å². The molecule has 2 N–H and O–H groups in total. The molecule has 0 amide bonds. The van der Waals surface area contributed by atoms with Crippen molar-refractivity contribution >= 4 is 34.0 Å². The molecule has 42 heavy (non-hydrogen) atoms. The van der Waals surface area contributed by atoms with E-state index in [1.165, 1.54) is 12.4 Å². The summed E-state index contributed by atoms with van der Waals surface area (Å²) in [6.45, 7) is 3.22. The minimum absolute atomic E-state index is 0.0260. The minimum Gasteiger partial charge on any atom is -0.477 e. The molecule has 1 saturated heterocycles. The molecule has 1 aliphatic rings. The summed E-state index contributed by atoms with van der Waals surface area (Å²) in [5, 5.41) is 14.4. The fraction of sp³-hybridized carbons (Fsp3) is 0.367. The highest BCUT2D eigenvalue weighted by Crippen LogP contribution is 2.38. The highest BCUT2D eigenvalue weighted by atomic mass is 32.1. The summed E-state index contributed by atoms with van der Waals surface area (Å²) >= 11 is 0.817. The molecular formula is C30H29F3N4O4S. The zero-order valence-corrected chi connectivity index (χ0v) is 23.6. The van der Waals surface area contributed by atoms with Crippen molar-refractivity contribution in [1.29, 1.82) is 0 Å². The van der Waals surface area contributed by atoms with Gasteiger partial charge in [0.1, 0.15) is 16.4 Å². The lowest BCUT2D eigenvalue weighted by Gasteiger charge is -2.25. The predicted molar refractivity (Wildman–Crippen MR) is 154 cm³/mol. The van der Waals surface area contributed by atoms with E-state index in [1.807, 2.05) is 6.92 Å². The van der Waals surface area contributed by atoms with Crippen molar-refractivity contribution < 1.29 is 27.9 Å². The van der Waals surface area contributed by atoms with Gasteiger partial charge in [0.2, 0.25) is 5.43 Å². The molecule has 1 aliphatic heterocycles. The number of ketones is 1. The lowest BCUT2D eigenvalue weighted by molar-refractivity contribution is -0.140. The number of carboxylic acid groups (broad SMARTS) is 1. The highest BCUT2D eigenvalue weighted by molar-refractivity contribution is 7.13. The topological polar surface area (TPSA) is 114 Å².